The van der Waals surface area contributed by atoms with E-state index in [-0.39, 0.29) is 0 Å². The molecule has 0 unspecified atom stereocenters. The van der Waals surface area contributed by atoms with Gasteiger partial charge in [0.2, 0.25) is 11.9 Å². The van der Waals surface area contributed by atoms with Crippen molar-refractivity contribution in [3.8, 4) is 0 Å². The molecule has 0 aliphatic carbocycles. The zero-order chi connectivity index (χ0) is 8.27. The quantitative estimate of drug-likeness (QED) is 0.600. The second-order valence-corrected chi connectivity index (χ2v) is 2.56. The van der Waals surface area contributed by atoms with Crippen molar-refractivity contribution in [2.75, 3.05) is 17.7 Å². The zero-order valence-electron chi connectivity index (χ0n) is 6.97. The van der Waals surface area contributed by atoms with Gasteiger partial charge in [-0.2, -0.15) is 4.98 Å². The van der Waals surface area contributed by atoms with Crippen LogP contribution in [0.15, 0.2) is 0 Å². The van der Waals surface area contributed by atoms with E-state index in [1.807, 2.05) is 13.8 Å². The number of nitrogens with zero attached hydrogens (tertiary/aromatic N) is 2. The molecule has 1 rings (SSSR count). The Labute approximate surface area is 65.6 Å². The second-order valence-electron chi connectivity index (χ2n) is 2.56. The molecule has 0 saturated heterocycles. The van der Waals surface area contributed by atoms with Gasteiger partial charge in [0.05, 0.1) is 0 Å². The molecule has 0 aliphatic heterocycles. The van der Waals surface area contributed by atoms with Crippen LogP contribution in [0.4, 0.5) is 11.9 Å². The standard InChI is InChI=1S/C6H13N5/c1-4(2)8-6-9-5(7-3)10-11-6/h4H,1-3H3,(H3,7,8,9,10,11). The second kappa shape index (κ2) is 3.23. The number of rotatable bonds is 3. The molecule has 0 saturated carbocycles. The van der Waals surface area contributed by atoms with E-state index in [0.717, 1.165) is 0 Å². The summed E-state index contributed by atoms with van der Waals surface area (Å²) in [5.74, 6) is 1.30. The number of H-pyrrole nitrogens is 1. The Morgan fingerprint density at radius 3 is 2.64 bits per heavy atom. The molecule has 0 fully saturated rings. The van der Waals surface area contributed by atoms with Gasteiger partial charge < -0.3 is 10.6 Å². The molecule has 0 aromatic carbocycles. The molecule has 3 N–H and O–H groups in total. The van der Waals surface area contributed by atoms with Crippen LogP contribution in [0, 0.1) is 0 Å². The summed E-state index contributed by atoms with van der Waals surface area (Å²) in [4.78, 5) is 4.08. The lowest BCUT2D eigenvalue weighted by Gasteiger charge is -2.03. The van der Waals surface area contributed by atoms with Crippen LogP contribution in [0.25, 0.3) is 0 Å². The van der Waals surface area contributed by atoms with Gasteiger partial charge in [0.1, 0.15) is 0 Å². The molecule has 0 amide bonds. The average Bonchev–Trinajstić information content (AvgIpc) is 2.34. The molecule has 0 aliphatic rings. The number of aromatic amines is 1. The fourth-order valence-electron chi connectivity index (χ4n) is 0.712. The van der Waals surface area contributed by atoms with Gasteiger partial charge in [-0.05, 0) is 13.8 Å². The first kappa shape index (κ1) is 7.84. The topological polar surface area (TPSA) is 65.6 Å². The van der Waals surface area contributed by atoms with E-state index in [1.165, 1.54) is 0 Å². The minimum absolute atomic E-state index is 0.368. The highest BCUT2D eigenvalue weighted by molar-refractivity contribution is 5.33. The van der Waals surface area contributed by atoms with Crippen molar-refractivity contribution in [2.24, 2.45) is 0 Å². The molecule has 1 heterocycles. The van der Waals surface area contributed by atoms with Crippen LogP contribution in [-0.2, 0) is 0 Å². The van der Waals surface area contributed by atoms with Crippen LogP contribution in [-0.4, -0.2) is 28.3 Å². The van der Waals surface area contributed by atoms with Crippen molar-refractivity contribution < 1.29 is 0 Å². The molecular formula is C6H13N5. The van der Waals surface area contributed by atoms with Gasteiger partial charge in [-0.25, -0.2) is 5.10 Å². The molecule has 0 spiro atoms. The number of anilines is 2. The van der Waals surface area contributed by atoms with Crippen LogP contribution < -0.4 is 10.6 Å². The summed E-state index contributed by atoms with van der Waals surface area (Å²) >= 11 is 0. The SMILES string of the molecule is CNc1n[nH]c(NC(C)C)n1. The Morgan fingerprint density at radius 1 is 1.45 bits per heavy atom. The third-order valence-electron chi connectivity index (χ3n) is 1.13. The maximum absolute atomic E-state index is 4.08. The molecule has 62 valence electrons. The third-order valence-corrected chi connectivity index (χ3v) is 1.13. The van der Waals surface area contributed by atoms with Gasteiger partial charge in [-0.1, -0.05) is 0 Å². The lowest BCUT2D eigenvalue weighted by Crippen LogP contribution is -2.10. The zero-order valence-corrected chi connectivity index (χ0v) is 6.97. The van der Waals surface area contributed by atoms with Crippen LogP contribution in [0.3, 0.4) is 0 Å². The highest BCUT2D eigenvalue weighted by Crippen LogP contribution is 2.02. The summed E-state index contributed by atoms with van der Waals surface area (Å²) < 4.78 is 0. The van der Waals surface area contributed by atoms with Crippen LogP contribution in [0.5, 0.6) is 0 Å². The maximum atomic E-state index is 4.08. The van der Waals surface area contributed by atoms with Crippen molar-refractivity contribution in [3.63, 3.8) is 0 Å². The van der Waals surface area contributed by atoms with Crippen molar-refractivity contribution in [3.05, 3.63) is 0 Å². The highest BCUT2D eigenvalue weighted by Gasteiger charge is 2.00. The van der Waals surface area contributed by atoms with Gasteiger partial charge in [0.25, 0.3) is 0 Å². The number of aromatic nitrogens is 3. The van der Waals surface area contributed by atoms with E-state index >= 15 is 0 Å². The molecule has 5 heteroatoms. The van der Waals surface area contributed by atoms with Crippen LogP contribution >= 0.6 is 0 Å². The largest absolute Gasteiger partial charge is 0.356 e. The smallest absolute Gasteiger partial charge is 0.243 e. The lowest BCUT2D eigenvalue weighted by molar-refractivity contribution is 0.876. The molecule has 0 atom stereocenters. The van der Waals surface area contributed by atoms with E-state index in [0.29, 0.717) is 17.9 Å². The third kappa shape index (κ3) is 2.10. The summed E-state index contributed by atoms with van der Waals surface area (Å²) in [6.07, 6.45) is 0. The fourth-order valence-corrected chi connectivity index (χ4v) is 0.712. The summed E-state index contributed by atoms with van der Waals surface area (Å²) in [6, 6.07) is 0.368. The molecule has 1 aromatic heterocycles. The fraction of sp³-hybridized carbons (Fsp3) is 0.667. The Morgan fingerprint density at radius 2 is 2.18 bits per heavy atom. The molecule has 5 nitrogen and oxygen atoms in total. The highest BCUT2D eigenvalue weighted by atomic mass is 15.3. The Bertz CT molecular complexity index is 217. The van der Waals surface area contributed by atoms with Gasteiger partial charge in [-0.15, -0.1) is 5.10 Å². The summed E-state index contributed by atoms with van der Waals surface area (Å²) in [6.45, 7) is 4.09. The molecule has 0 radical (unpaired) electrons. The number of hydrogen-bond donors (Lipinski definition) is 3. The predicted octanol–water partition coefficient (Wildman–Crippen LogP) is 0.667. The molecule has 11 heavy (non-hydrogen) atoms. The van der Waals surface area contributed by atoms with Gasteiger partial charge in [-0.3, -0.25) is 0 Å². The van der Waals surface area contributed by atoms with Gasteiger partial charge in [0.15, 0.2) is 0 Å². The minimum atomic E-state index is 0.368. The first-order chi connectivity index (χ1) is 5.22. The van der Waals surface area contributed by atoms with Gasteiger partial charge in [0, 0.05) is 13.1 Å². The Kier molecular flexibility index (Phi) is 2.30. The summed E-state index contributed by atoms with van der Waals surface area (Å²) in [5.41, 5.74) is 0. The summed E-state index contributed by atoms with van der Waals surface area (Å²) in [5, 5.41) is 12.5. The lowest BCUT2D eigenvalue weighted by atomic mass is 10.4. The van der Waals surface area contributed by atoms with E-state index < -0.39 is 0 Å². The molecular weight excluding hydrogens is 142 g/mol. The van der Waals surface area contributed by atoms with Crippen molar-refractivity contribution in [1.29, 1.82) is 0 Å². The van der Waals surface area contributed by atoms with Crippen LogP contribution in [0.2, 0.25) is 0 Å². The first-order valence-corrected chi connectivity index (χ1v) is 3.59. The maximum Gasteiger partial charge on any atom is 0.243 e. The minimum Gasteiger partial charge on any atom is -0.356 e. The van der Waals surface area contributed by atoms with Crippen molar-refractivity contribution in [2.45, 2.75) is 19.9 Å². The number of nitrogens with one attached hydrogen (secondary N) is 3. The summed E-state index contributed by atoms with van der Waals surface area (Å²) in [7, 11) is 1.78. The Hall–Kier alpha value is -1.26. The van der Waals surface area contributed by atoms with Gasteiger partial charge >= 0.3 is 0 Å². The van der Waals surface area contributed by atoms with Crippen LogP contribution in [0.1, 0.15) is 13.8 Å². The van der Waals surface area contributed by atoms with Crippen molar-refractivity contribution >= 4 is 11.9 Å². The normalized spacial score (nSPS) is 10.2. The van der Waals surface area contributed by atoms with E-state index in [4.69, 9.17) is 0 Å². The first-order valence-electron chi connectivity index (χ1n) is 3.59. The monoisotopic (exact) mass is 155 g/mol. The number of hydrogen-bond acceptors (Lipinski definition) is 4. The molecule has 0 bridgehead atoms. The van der Waals surface area contributed by atoms with E-state index in [2.05, 4.69) is 25.8 Å². The van der Waals surface area contributed by atoms with Crippen molar-refractivity contribution in [1.82, 2.24) is 15.2 Å². The predicted molar refractivity (Wildman–Crippen MR) is 44.7 cm³/mol. The average molecular weight is 155 g/mol. The Balaban J connectivity index is 2.58. The van der Waals surface area contributed by atoms with E-state index in [1.54, 1.807) is 7.05 Å². The van der Waals surface area contributed by atoms with E-state index in [9.17, 15) is 0 Å². The molecule has 1 aromatic rings.